The van der Waals surface area contributed by atoms with E-state index in [0.29, 0.717) is 48.0 Å². The minimum atomic E-state index is -0.584. The zero-order valence-electron chi connectivity index (χ0n) is 26.1. The Balaban J connectivity index is 1.18. The van der Waals surface area contributed by atoms with Crippen LogP contribution in [-0.4, -0.2) is 69.5 Å². The van der Waals surface area contributed by atoms with E-state index in [1.165, 1.54) is 6.07 Å². The molecule has 2 aliphatic rings. The van der Waals surface area contributed by atoms with Crippen LogP contribution >= 0.6 is 11.6 Å². The number of fused-ring (bicyclic) bond motifs is 1. The summed E-state index contributed by atoms with van der Waals surface area (Å²) in [5.74, 6) is 0.121. The van der Waals surface area contributed by atoms with Crippen molar-refractivity contribution >= 4 is 34.3 Å². The van der Waals surface area contributed by atoms with Crippen molar-refractivity contribution in [2.24, 2.45) is 0 Å². The standard InChI is InChI=1S/C34H39ClFN5O4/c1-22(26-9-8-24(35)19-27(26)36)40-12-5-6-29(32(40)42)39-15-13-38(14-16-39)21-31-37-28-10-7-23(33(43)45-34(2,3)4)18-30(28)41(31)20-25-11-17-44-25/h5-10,12,18-19,22,25H,11,13-17,20-21H2,1-4H3. The van der Waals surface area contributed by atoms with Gasteiger partial charge < -0.3 is 23.5 Å². The maximum absolute atomic E-state index is 14.6. The van der Waals surface area contributed by atoms with E-state index in [9.17, 15) is 14.0 Å². The molecule has 0 spiro atoms. The van der Waals surface area contributed by atoms with Crippen molar-refractivity contribution in [1.29, 1.82) is 0 Å². The van der Waals surface area contributed by atoms with Crippen LogP contribution in [0.5, 0.6) is 0 Å². The molecule has 45 heavy (non-hydrogen) atoms. The number of imidazole rings is 1. The van der Waals surface area contributed by atoms with Crippen molar-refractivity contribution in [2.45, 2.75) is 65.0 Å². The van der Waals surface area contributed by atoms with Crippen molar-refractivity contribution < 1.29 is 18.7 Å². The zero-order valence-corrected chi connectivity index (χ0v) is 26.9. The molecule has 4 heterocycles. The number of piperazine rings is 1. The predicted octanol–water partition coefficient (Wildman–Crippen LogP) is 5.67. The third kappa shape index (κ3) is 6.78. The molecule has 2 atom stereocenters. The first-order chi connectivity index (χ1) is 21.5. The van der Waals surface area contributed by atoms with Crippen LogP contribution in [0.1, 0.15) is 61.9 Å². The van der Waals surface area contributed by atoms with Gasteiger partial charge in [0.1, 0.15) is 22.9 Å². The molecule has 238 valence electrons. The summed E-state index contributed by atoms with van der Waals surface area (Å²) in [4.78, 5) is 35.8. The zero-order chi connectivity index (χ0) is 31.9. The highest BCUT2D eigenvalue weighted by molar-refractivity contribution is 6.30. The monoisotopic (exact) mass is 635 g/mol. The smallest absolute Gasteiger partial charge is 0.338 e. The molecule has 0 saturated carbocycles. The summed E-state index contributed by atoms with van der Waals surface area (Å²) in [5, 5.41) is 0.319. The van der Waals surface area contributed by atoms with Gasteiger partial charge in [0.05, 0.1) is 41.8 Å². The second-order valence-corrected chi connectivity index (χ2v) is 13.3. The number of ether oxygens (including phenoxy) is 2. The Morgan fingerprint density at radius 3 is 2.56 bits per heavy atom. The van der Waals surface area contributed by atoms with Gasteiger partial charge in [-0.2, -0.15) is 0 Å². The molecule has 2 aliphatic heterocycles. The second-order valence-electron chi connectivity index (χ2n) is 12.8. The quantitative estimate of drug-likeness (QED) is 0.231. The number of benzene rings is 2. The fourth-order valence-corrected chi connectivity index (χ4v) is 6.13. The van der Waals surface area contributed by atoms with Crippen molar-refractivity contribution in [3.63, 3.8) is 0 Å². The van der Waals surface area contributed by atoms with Crippen molar-refractivity contribution in [1.82, 2.24) is 19.0 Å². The van der Waals surface area contributed by atoms with Crippen molar-refractivity contribution in [3.8, 4) is 0 Å². The number of anilines is 1. The molecule has 0 radical (unpaired) electrons. The average molecular weight is 636 g/mol. The Kier molecular flexibility index (Phi) is 8.74. The molecule has 0 amide bonds. The highest BCUT2D eigenvalue weighted by atomic mass is 35.5. The molecule has 2 fully saturated rings. The first-order valence-electron chi connectivity index (χ1n) is 15.4. The van der Waals surface area contributed by atoms with E-state index >= 15 is 0 Å². The fraction of sp³-hybridized carbons (Fsp3) is 0.441. The molecule has 11 heteroatoms. The molecule has 2 aromatic heterocycles. The number of hydrogen-bond acceptors (Lipinski definition) is 7. The third-order valence-electron chi connectivity index (χ3n) is 8.50. The van der Waals surface area contributed by atoms with Gasteiger partial charge in [-0.1, -0.05) is 17.7 Å². The van der Waals surface area contributed by atoms with E-state index in [2.05, 4.69) is 14.4 Å². The highest BCUT2D eigenvalue weighted by Gasteiger charge is 2.27. The lowest BCUT2D eigenvalue weighted by molar-refractivity contribution is -0.0592. The number of nitrogens with zero attached hydrogens (tertiary/aromatic N) is 5. The van der Waals surface area contributed by atoms with Gasteiger partial charge >= 0.3 is 5.97 Å². The molecule has 0 N–H and O–H groups in total. The molecule has 2 saturated heterocycles. The van der Waals surface area contributed by atoms with Crippen LogP contribution in [0.3, 0.4) is 0 Å². The summed E-state index contributed by atoms with van der Waals surface area (Å²) in [6.07, 6.45) is 2.81. The van der Waals surface area contributed by atoms with Crippen molar-refractivity contribution in [2.75, 3.05) is 37.7 Å². The van der Waals surface area contributed by atoms with E-state index in [1.807, 2.05) is 52.0 Å². The van der Waals surface area contributed by atoms with Crippen LogP contribution in [-0.2, 0) is 22.6 Å². The predicted molar refractivity (Wildman–Crippen MR) is 173 cm³/mol. The van der Waals surface area contributed by atoms with Crippen molar-refractivity contribution in [3.05, 3.63) is 92.9 Å². The third-order valence-corrected chi connectivity index (χ3v) is 8.74. The van der Waals surface area contributed by atoms with E-state index in [-0.39, 0.29) is 17.6 Å². The van der Waals surface area contributed by atoms with Gasteiger partial charge in [0.2, 0.25) is 0 Å². The Hall–Kier alpha value is -3.73. The Bertz CT molecular complexity index is 1770. The van der Waals surface area contributed by atoms with E-state index in [4.69, 9.17) is 26.1 Å². The first-order valence-corrected chi connectivity index (χ1v) is 15.8. The second kappa shape index (κ2) is 12.6. The maximum atomic E-state index is 14.6. The number of carbonyl (C=O) groups excluding carboxylic acids is 1. The lowest BCUT2D eigenvalue weighted by atomic mass is 10.1. The number of halogens is 2. The number of carbonyl (C=O) groups is 1. The van der Waals surface area contributed by atoms with Gasteiger partial charge in [0.25, 0.3) is 5.56 Å². The SMILES string of the molecule is CC(c1ccc(Cl)cc1F)n1cccc(N2CCN(Cc3nc4ccc(C(=O)OC(C)(C)C)cc4n3CC3CCO3)CC2)c1=O. The lowest BCUT2D eigenvalue weighted by Gasteiger charge is -2.36. The topological polar surface area (TPSA) is 81.8 Å². The minimum Gasteiger partial charge on any atom is -0.456 e. The van der Waals surface area contributed by atoms with Gasteiger partial charge in [-0.05, 0) is 76.6 Å². The van der Waals surface area contributed by atoms with E-state index < -0.39 is 17.5 Å². The van der Waals surface area contributed by atoms with Gasteiger partial charge in [-0.15, -0.1) is 0 Å². The van der Waals surface area contributed by atoms with Gasteiger partial charge in [0, 0.05) is 49.6 Å². The van der Waals surface area contributed by atoms with Crippen LogP contribution in [0.2, 0.25) is 5.02 Å². The van der Waals surface area contributed by atoms with E-state index in [1.54, 1.807) is 29.0 Å². The summed E-state index contributed by atoms with van der Waals surface area (Å²) < 4.78 is 29.8. The minimum absolute atomic E-state index is 0.118. The molecule has 0 bridgehead atoms. The number of hydrogen-bond donors (Lipinski definition) is 0. The summed E-state index contributed by atoms with van der Waals surface area (Å²) in [7, 11) is 0. The molecule has 2 aromatic carbocycles. The van der Waals surface area contributed by atoms with Gasteiger partial charge in [-0.3, -0.25) is 9.69 Å². The summed E-state index contributed by atoms with van der Waals surface area (Å²) >= 11 is 5.94. The number of esters is 1. The van der Waals surface area contributed by atoms with Crippen LogP contribution in [0.15, 0.2) is 59.5 Å². The maximum Gasteiger partial charge on any atom is 0.338 e. The van der Waals surface area contributed by atoms with E-state index in [0.717, 1.165) is 43.0 Å². The number of aromatic nitrogens is 3. The molecule has 4 aromatic rings. The molecule has 0 aliphatic carbocycles. The Labute approximate surface area is 267 Å². The molecule has 6 rings (SSSR count). The molecule has 2 unspecified atom stereocenters. The largest absolute Gasteiger partial charge is 0.456 e. The lowest BCUT2D eigenvalue weighted by Crippen LogP contribution is -2.48. The number of rotatable bonds is 8. The van der Waals surface area contributed by atoms with Gasteiger partial charge in [0.15, 0.2) is 0 Å². The van der Waals surface area contributed by atoms with Crippen LogP contribution in [0, 0.1) is 5.82 Å². The highest BCUT2D eigenvalue weighted by Crippen LogP contribution is 2.26. The van der Waals surface area contributed by atoms with Crippen LogP contribution in [0.25, 0.3) is 11.0 Å². The van der Waals surface area contributed by atoms with Crippen LogP contribution < -0.4 is 10.5 Å². The molecular formula is C34H39ClFN5O4. The Morgan fingerprint density at radius 2 is 1.89 bits per heavy atom. The molecule has 9 nitrogen and oxygen atoms in total. The summed E-state index contributed by atoms with van der Waals surface area (Å²) in [6, 6.07) is 13.2. The van der Waals surface area contributed by atoms with Gasteiger partial charge in [-0.25, -0.2) is 14.2 Å². The summed E-state index contributed by atoms with van der Waals surface area (Å²) in [5.41, 5.74) is 2.48. The summed E-state index contributed by atoms with van der Waals surface area (Å²) in [6.45, 7) is 12.2. The molecular weight excluding hydrogens is 597 g/mol. The normalized spacial score (nSPS) is 18.2. The fourth-order valence-electron chi connectivity index (χ4n) is 5.97. The first kappa shape index (κ1) is 31.3. The van der Waals surface area contributed by atoms with Crippen LogP contribution in [0.4, 0.5) is 10.1 Å². The number of pyridine rings is 1. The Morgan fingerprint density at radius 1 is 1.13 bits per heavy atom. The average Bonchev–Trinajstić information content (AvgIpc) is 3.30.